The third-order valence-corrected chi connectivity index (χ3v) is 4.48. The van der Waals surface area contributed by atoms with Gasteiger partial charge in [-0.25, -0.2) is 4.39 Å². The third-order valence-electron chi connectivity index (χ3n) is 4.48. The summed E-state index contributed by atoms with van der Waals surface area (Å²) in [7, 11) is 0. The van der Waals surface area contributed by atoms with Crippen LogP contribution < -0.4 is 10.1 Å². The fourth-order valence-electron chi connectivity index (χ4n) is 3.05. The van der Waals surface area contributed by atoms with Crippen LogP contribution in [0.1, 0.15) is 24.8 Å². The van der Waals surface area contributed by atoms with Gasteiger partial charge in [-0.15, -0.1) is 0 Å². The van der Waals surface area contributed by atoms with Crippen molar-refractivity contribution in [3.63, 3.8) is 0 Å². The zero-order valence-electron chi connectivity index (χ0n) is 14.0. The predicted molar refractivity (Wildman–Crippen MR) is 91.0 cm³/mol. The molecule has 1 heterocycles. The third kappa shape index (κ3) is 4.36. The maximum atomic E-state index is 14.2. The first-order valence-corrected chi connectivity index (χ1v) is 8.39. The molecular formula is C19H19FN2O4. The minimum atomic E-state index is -0.855. The summed E-state index contributed by atoms with van der Waals surface area (Å²) in [5.74, 6) is -1.82. The van der Waals surface area contributed by atoms with Crippen LogP contribution in [0.5, 0.6) is 11.5 Å². The van der Waals surface area contributed by atoms with Gasteiger partial charge in [0.15, 0.2) is 11.6 Å². The van der Waals surface area contributed by atoms with E-state index in [0.717, 1.165) is 0 Å². The summed E-state index contributed by atoms with van der Waals surface area (Å²) < 4.78 is 19.6. The van der Waals surface area contributed by atoms with Crippen molar-refractivity contribution in [1.29, 1.82) is 0 Å². The second kappa shape index (κ2) is 7.95. The normalized spacial score (nSPS) is 19.1. The Bertz CT molecular complexity index is 797. The van der Waals surface area contributed by atoms with E-state index in [4.69, 9.17) is 9.84 Å². The number of carbonyl (C=O) groups is 2. The highest BCUT2D eigenvalue weighted by Gasteiger charge is 2.33. The van der Waals surface area contributed by atoms with E-state index >= 15 is 0 Å². The summed E-state index contributed by atoms with van der Waals surface area (Å²) in [5, 5.41) is 11.7. The molecule has 6 nitrogen and oxygen atoms in total. The van der Waals surface area contributed by atoms with E-state index in [2.05, 4.69) is 10.3 Å². The number of hydrogen-bond acceptors (Lipinski definition) is 4. The number of ether oxygens (including phenoxy) is 1. The largest absolute Gasteiger partial charge is 0.481 e. The predicted octanol–water partition coefficient (Wildman–Crippen LogP) is 3.13. The Labute approximate surface area is 150 Å². The minimum Gasteiger partial charge on any atom is -0.481 e. The second-order valence-corrected chi connectivity index (χ2v) is 6.32. The number of aliphatic carboxylic acids is 1. The molecule has 2 N–H and O–H groups in total. The summed E-state index contributed by atoms with van der Waals surface area (Å²) in [6.45, 7) is 0.178. The highest BCUT2D eigenvalue weighted by atomic mass is 19.1. The van der Waals surface area contributed by atoms with Crippen LogP contribution >= 0.6 is 0 Å². The maximum absolute atomic E-state index is 14.2. The van der Waals surface area contributed by atoms with Crippen LogP contribution in [0.15, 0.2) is 42.7 Å². The number of halogens is 1. The fraction of sp³-hybridized carbons (Fsp3) is 0.316. The number of hydrogen-bond donors (Lipinski definition) is 2. The number of nitrogens with one attached hydrogen (secondary N) is 1. The molecule has 2 aromatic rings. The van der Waals surface area contributed by atoms with Gasteiger partial charge in [0.25, 0.3) is 0 Å². The molecule has 0 spiro atoms. The molecule has 0 saturated heterocycles. The van der Waals surface area contributed by atoms with Gasteiger partial charge < -0.3 is 15.2 Å². The van der Waals surface area contributed by atoms with Gasteiger partial charge in [0, 0.05) is 18.7 Å². The van der Waals surface area contributed by atoms with E-state index in [0.29, 0.717) is 30.6 Å². The fourth-order valence-corrected chi connectivity index (χ4v) is 3.05. The van der Waals surface area contributed by atoms with Gasteiger partial charge in [0.1, 0.15) is 5.75 Å². The van der Waals surface area contributed by atoms with E-state index in [1.54, 1.807) is 24.4 Å². The highest BCUT2D eigenvalue weighted by molar-refractivity contribution is 5.80. The number of carboxylic acids is 1. The molecule has 1 aromatic heterocycles. The molecule has 1 fully saturated rings. The van der Waals surface area contributed by atoms with Gasteiger partial charge in [-0.3, -0.25) is 14.6 Å². The van der Waals surface area contributed by atoms with Crippen LogP contribution in [0, 0.1) is 17.7 Å². The van der Waals surface area contributed by atoms with Crippen LogP contribution in [-0.2, 0) is 16.1 Å². The zero-order valence-corrected chi connectivity index (χ0v) is 14.0. The number of aromatic nitrogens is 1. The molecule has 1 amide bonds. The SMILES string of the molecule is O=C(O)[C@@H]1CC[C@H](C(=O)NCc2ccc(Oc3cccnc3)c(F)c2)C1. The second-order valence-electron chi connectivity index (χ2n) is 6.32. The molecule has 136 valence electrons. The molecule has 1 aromatic carbocycles. The molecule has 7 heteroatoms. The van der Waals surface area contributed by atoms with Gasteiger partial charge in [0.2, 0.25) is 5.91 Å². The Hall–Kier alpha value is -2.96. The quantitative estimate of drug-likeness (QED) is 0.828. The maximum Gasteiger partial charge on any atom is 0.306 e. The Balaban J connectivity index is 1.55. The molecule has 0 bridgehead atoms. The van der Waals surface area contributed by atoms with Crippen LogP contribution in [-0.4, -0.2) is 22.0 Å². The molecule has 1 saturated carbocycles. The molecule has 0 radical (unpaired) electrons. The van der Waals surface area contributed by atoms with E-state index in [-0.39, 0.29) is 24.1 Å². The van der Waals surface area contributed by atoms with Crippen molar-refractivity contribution in [3.8, 4) is 11.5 Å². The summed E-state index contributed by atoms with van der Waals surface area (Å²) in [5.41, 5.74) is 0.599. The number of carboxylic acid groups (broad SMARTS) is 1. The van der Waals surface area contributed by atoms with Crippen LogP contribution in [0.2, 0.25) is 0 Å². The number of carbonyl (C=O) groups excluding carboxylic acids is 1. The lowest BCUT2D eigenvalue weighted by Gasteiger charge is -2.12. The van der Waals surface area contributed by atoms with Gasteiger partial charge in [-0.1, -0.05) is 6.07 Å². The van der Waals surface area contributed by atoms with Crippen molar-refractivity contribution in [3.05, 3.63) is 54.1 Å². The van der Waals surface area contributed by atoms with Crippen molar-refractivity contribution in [2.24, 2.45) is 11.8 Å². The lowest BCUT2D eigenvalue weighted by Crippen LogP contribution is -2.29. The van der Waals surface area contributed by atoms with Crippen molar-refractivity contribution in [2.75, 3.05) is 0 Å². The van der Waals surface area contributed by atoms with Crippen LogP contribution in [0.4, 0.5) is 4.39 Å². The molecular weight excluding hydrogens is 339 g/mol. The summed E-state index contributed by atoms with van der Waals surface area (Å²) in [6, 6.07) is 7.84. The lowest BCUT2D eigenvalue weighted by molar-refractivity contribution is -0.141. The van der Waals surface area contributed by atoms with Crippen molar-refractivity contribution >= 4 is 11.9 Å². The topological polar surface area (TPSA) is 88.5 Å². The molecule has 3 rings (SSSR count). The molecule has 26 heavy (non-hydrogen) atoms. The number of rotatable bonds is 6. The van der Waals surface area contributed by atoms with Gasteiger partial charge in [0.05, 0.1) is 12.1 Å². The highest BCUT2D eigenvalue weighted by Crippen LogP contribution is 2.31. The number of nitrogens with zero attached hydrogens (tertiary/aromatic N) is 1. The van der Waals surface area contributed by atoms with E-state index in [1.165, 1.54) is 18.3 Å². The van der Waals surface area contributed by atoms with Crippen LogP contribution in [0.3, 0.4) is 0 Å². The molecule has 0 unspecified atom stereocenters. The molecule has 1 aliphatic carbocycles. The zero-order chi connectivity index (χ0) is 18.5. The lowest BCUT2D eigenvalue weighted by atomic mass is 10.0. The summed E-state index contributed by atoms with van der Waals surface area (Å²) in [4.78, 5) is 27.0. The Morgan fingerprint density at radius 3 is 2.73 bits per heavy atom. The smallest absolute Gasteiger partial charge is 0.306 e. The average Bonchev–Trinajstić information content (AvgIpc) is 3.13. The van der Waals surface area contributed by atoms with E-state index in [9.17, 15) is 14.0 Å². The van der Waals surface area contributed by atoms with Crippen molar-refractivity contribution in [1.82, 2.24) is 10.3 Å². The van der Waals surface area contributed by atoms with Crippen LogP contribution in [0.25, 0.3) is 0 Å². The number of pyridine rings is 1. The molecule has 1 aliphatic rings. The minimum absolute atomic E-state index is 0.0770. The summed E-state index contributed by atoms with van der Waals surface area (Å²) >= 11 is 0. The first-order chi connectivity index (χ1) is 12.5. The van der Waals surface area contributed by atoms with Gasteiger partial charge in [-0.2, -0.15) is 0 Å². The van der Waals surface area contributed by atoms with E-state index < -0.39 is 17.7 Å². The standard InChI is InChI=1S/C19H19FN2O4/c20-16-8-12(3-6-17(16)26-15-2-1-7-21-11-15)10-22-18(23)13-4-5-14(9-13)19(24)25/h1-3,6-8,11,13-14H,4-5,9-10H2,(H,22,23)(H,24,25)/t13-,14+/m0/s1. The molecule has 2 atom stereocenters. The Kier molecular flexibility index (Phi) is 5.46. The van der Waals surface area contributed by atoms with Crippen molar-refractivity contribution < 1.29 is 23.8 Å². The monoisotopic (exact) mass is 358 g/mol. The number of benzene rings is 1. The van der Waals surface area contributed by atoms with Gasteiger partial charge in [-0.05, 0) is 49.1 Å². The van der Waals surface area contributed by atoms with Gasteiger partial charge >= 0.3 is 5.97 Å². The number of amides is 1. The average molecular weight is 358 g/mol. The molecule has 0 aliphatic heterocycles. The van der Waals surface area contributed by atoms with Crippen molar-refractivity contribution in [2.45, 2.75) is 25.8 Å². The Morgan fingerprint density at radius 2 is 2.08 bits per heavy atom. The summed E-state index contributed by atoms with van der Waals surface area (Å²) in [6.07, 6.45) is 4.52. The first kappa shape index (κ1) is 17.8. The Morgan fingerprint density at radius 1 is 1.27 bits per heavy atom. The first-order valence-electron chi connectivity index (χ1n) is 8.39. The van der Waals surface area contributed by atoms with E-state index in [1.807, 2.05) is 0 Å².